The molecule has 0 atom stereocenters. The molecule has 4 heteroatoms. The molecule has 2 rings (SSSR count). The summed E-state index contributed by atoms with van der Waals surface area (Å²) in [6.07, 6.45) is 0. The van der Waals surface area contributed by atoms with Crippen molar-refractivity contribution in [1.29, 1.82) is 0 Å². The lowest BCUT2D eigenvalue weighted by atomic mass is 10.3. The van der Waals surface area contributed by atoms with Crippen LogP contribution < -0.4 is 15.0 Å². The van der Waals surface area contributed by atoms with Crippen molar-refractivity contribution in [2.75, 3.05) is 37.5 Å². The first-order valence-electron chi connectivity index (χ1n) is 6.55. The van der Waals surface area contributed by atoms with Crippen LogP contribution >= 0.6 is 11.6 Å². The topological polar surface area (TPSA) is 24.5 Å². The van der Waals surface area contributed by atoms with E-state index in [1.54, 1.807) is 0 Å². The molecule has 0 bridgehead atoms. The van der Waals surface area contributed by atoms with Crippen LogP contribution in [-0.2, 0) is 0 Å². The normalized spacial score (nSPS) is 10.2. The maximum Gasteiger partial charge on any atom is 0.121 e. The fourth-order valence-corrected chi connectivity index (χ4v) is 2.00. The van der Waals surface area contributed by atoms with Crippen molar-refractivity contribution >= 4 is 23.0 Å². The molecule has 106 valence electrons. The van der Waals surface area contributed by atoms with Crippen LogP contribution in [0.4, 0.5) is 11.4 Å². The van der Waals surface area contributed by atoms with Crippen LogP contribution in [0.2, 0.25) is 5.02 Å². The van der Waals surface area contributed by atoms with E-state index in [-0.39, 0.29) is 0 Å². The fraction of sp³-hybridized carbons (Fsp3) is 0.250. The second kappa shape index (κ2) is 7.06. The Morgan fingerprint density at radius 3 is 2.65 bits per heavy atom. The highest BCUT2D eigenvalue weighted by Gasteiger charge is 1.99. The zero-order valence-electron chi connectivity index (χ0n) is 11.8. The van der Waals surface area contributed by atoms with Crippen LogP contribution in [0.5, 0.6) is 5.75 Å². The Morgan fingerprint density at radius 1 is 1.10 bits per heavy atom. The average molecular weight is 291 g/mol. The van der Waals surface area contributed by atoms with Gasteiger partial charge in [0.2, 0.25) is 0 Å². The first kappa shape index (κ1) is 14.5. The van der Waals surface area contributed by atoms with Gasteiger partial charge in [-0.25, -0.2) is 0 Å². The summed E-state index contributed by atoms with van der Waals surface area (Å²) in [4.78, 5) is 2.05. The van der Waals surface area contributed by atoms with Crippen LogP contribution in [0.1, 0.15) is 0 Å². The summed E-state index contributed by atoms with van der Waals surface area (Å²) in [5.41, 5.74) is 2.13. The average Bonchev–Trinajstić information content (AvgIpc) is 2.44. The minimum Gasteiger partial charge on any atom is -0.492 e. The first-order chi connectivity index (χ1) is 9.65. The van der Waals surface area contributed by atoms with Crippen LogP contribution in [0.3, 0.4) is 0 Å². The van der Waals surface area contributed by atoms with E-state index >= 15 is 0 Å². The molecule has 0 heterocycles. The number of ether oxygens (including phenoxy) is 1. The molecule has 20 heavy (non-hydrogen) atoms. The van der Waals surface area contributed by atoms with Crippen molar-refractivity contribution in [3.05, 3.63) is 53.6 Å². The van der Waals surface area contributed by atoms with Gasteiger partial charge < -0.3 is 15.0 Å². The quantitative estimate of drug-likeness (QED) is 0.817. The van der Waals surface area contributed by atoms with Gasteiger partial charge in [-0.1, -0.05) is 23.7 Å². The maximum absolute atomic E-state index is 5.92. The van der Waals surface area contributed by atoms with Gasteiger partial charge in [0.15, 0.2) is 0 Å². The second-order valence-corrected chi connectivity index (χ2v) is 5.11. The number of nitrogens with one attached hydrogen (secondary N) is 1. The number of hydrogen-bond acceptors (Lipinski definition) is 3. The summed E-state index contributed by atoms with van der Waals surface area (Å²) in [6, 6.07) is 15.7. The zero-order chi connectivity index (χ0) is 14.4. The SMILES string of the molecule is CN(C)c1cccc(OCCNc2cccc(Cl)c2)c1. The minimum absolute atomic E-state index is 0.601. The van der Waals surface area contributed by atoms with Gasteiger partial charge in [0, 0.05) is 43.1 Å². The summed E-state index contributed by atoms with van der Waals surface area (Å²) in [7, 11) is 4.03. The van der Waals surface area contributed by atoms with Crippen molar-refractivity contribution in [3.63, 3.8) is 0 Å². The summed E-state index contributed by atoms with van der Waals surface area (Å²) in [5.74, 6) is 0.879. The van der Waals surface area contributed by atoms with E-state index in [4.69, 9.17) is 16.3 Å². The van der Waals surface area contributed by atoms with Crippen LogP contribution in [0.25, 0.3) is 0 Å². The van der Waals surface area contributed by atoms with Gasteiger partial charge in [0.05, 0.1) is 0 Å². The Balaban J connectivity index is 1.80. The molecule has 0 radical (unpaired) electrons. The van der Waals surface area contributed by atoms with E-state index in [2.05, 4.69) is 16.3 Å². The van der Waals surface area contributed by atoms with Gasteiger partial charge >= 0.3 is 0 Å². The third kappa shape index (κ3) is 4.35. The molecule has 0 aromatic heterocycles. The van der Waals surface area contributed by atoms with E-state index in [9.17, 15) is 0 Å². The molecule has 0 aliphatic heterocycles. The highest BCUT2D eigenvalue weighted by molar-refractivity contribution is 6.30. The molecule has 0 saturated heterocycles. The van der Waals surface area contributed by atoms with Crippen molar-refractivity contribution < 1.29 is 4.74 Å². The van der Waals surface area contributed by atoms with Crippen molar-refractivity contribution in [1.82, 2.24) is 0 Å². The van der Waals surface area contributed by atoms with Crippen LogP contribution in [-0.4, -0.2) is 27.2 Å². The predicted molar refractivity (Wildman–Crippen MR) is 86.2 cm³/mol. The standard InChI is InChI=1S/C16H19ClN2O/c1-19(2)15-7-4-8-16(12-15)20-10-9-18-14-6-3-5-13(17)11-14/h3-8,11-12,18H,9-10H2,1-2H3. The lowest BCUT2D eigenvalue weighted by molar-refractivity contribution is 0.333. The Bertz CT molecular complexity index is 558. The van der Waals surface area contributed by atoms with Crippen LogP contribution in [0, 0.1) is 0 Å². The molecule has 0 saturated carbocycles. The van der Waals surface area contributed by atoms with E-state index in [0.717, 1.165) is 28.7 Å². The second-order valence-electron chi connectivity index (χ2n) is 4.68. The van der Waals surface area contributed by atoms with Crippen molar-refractivity contribution in [2.24, 2.45) is 0 Å². The number of nitrogens with zero attached hydrogens (tertiary/aromatic N) is 1. The fourth-order valence-electron chi connectivity index (χ4n) is 1.81. The first-order valence-corrected chi connectivity index (χ1v) is 6.92. The number of anilines is 2. The third-order valence-electron chi connectivity index (χ3n) is 2.86. The molecular weight excluding hydrogens is 272 g/mol. The molecule has 0 unspecified atom stereocenters. The molecule has 0 spiro atoms. The van der Waals surface area contributed by atoms with E-state index in [1.165, 1.54) is 0 Å². The largest absolute Gasteiger partial charge is 0.492 e. The monoisotopic (exact) mass is 290 g/mol. The third-order valence-corrected chi connectivity index (χ3v) is 3.09. The van der Waals surface area contributed by atoms with Gasteiger partial charge in [-0.05, 0) is 30.3 Å². The Hall–Kier alpha value is -1.87. The Kier molecular flexibility index (Phi) is 5.13. The summed E-state index contributed by atoms with van der Waals surface area (Å²) < 4.78 is 5.73. The van der Waals surface area contributed by atoms with Crippen molar-refractivity contribution in [2.45, 2.75) is 0 Å². The lowest BCUT2D eigenvalue weighted by Crippen LogP contribution is -2.12. The van der Waals surface area contributed by atoms with E-state index in [1.807, 2.05) is 56.6 Å². The lowest BCUT2D eigenvalue weighted by Gasteiger charge is -2.14. The van der Waals surface area contributed by atoms with Gasteiger partial charge in [-0.2, -0.15) is 0 Å². The molecular formula is C16H19ClN2O. The zero-order valence-corrected chi connectivity index (χ0v) is 12.5. The summed E-state index contributed by atoms with van der Waals surface area (Å²) >= 11 is 5.92. The minimum atomic E-state index is 0.601. The van der Waals surface area contributed by atoms with Gasteiger partial charge in [-0.15, -0.1) is 0 Å². The van der Waals surface area contributed by atoms with Gasteiger partial charge in [0.1, 0.15) is 12.4 Å². The number of benzene rings is 2. The number of rotatable bonds is 6. The number of halogens is 1. The smallest absolute Gasteiger partial charge is 0.121 e. The Labute approximate surface area is 125 Å². The maximum atomic E-state index is 5.92. The highest BCUT2D eigenvalue weighted by atomic mass is 35.5. The molecule has 0 amide bonds. The summed E-state index contributed by atoms with van der Waals surface area (Å²) in [6.45, 7) is 1.33. The van der Waals surface area contributed by atoms with Gasteiger partial charge in [-0.3, -0.25) is 0 Å². The molecule has 0 aliphatic carbocycles. The summed E-state index contributed by atoms with van der Waals surface area (Å²) in [5, 5.41) is 4.00. The molecule has 2 aromatic carbocycles. The Morgan fingerprint density at radius 2 is 1.90 bits per heavy atom. The van der Waals surface area contributed by atoms with E-state index in [0.29, 0.717) is 6.61 Å². The molecule has 0 aliphatic rings. The van der Waals surface area contributed by atoms with Crippen LogP contribution in [0.15, 0.2) is 48.5 Å². The predicted octanol–water partition coefficient (Wildman–Crippen LogP) is 3.90. The van der Waals surface area contributed by atoms with Crippen molar-refractivity contribution in [3.8, 4) is 5.75 Å². The highest BCUT2D eigenvalue weighted by Crippen LogP contribution is 2.19. The van der Waals surface area contributed by atoms with E-state index < -0.39 is 0 Å². The molecule has 1 N–H and O–H groups in total. The molecule has 0 fully saturated rings. The number of hydrogen-bond donors (Lipinski definition) is 1. The molecule has 2 aromatic rings. The molecule has 3 nitrogen and oxygen atoms in total. The van der Waals surface area contributed by atoms with Gasteiger partial charge in [0.25, 0.3) is 0 Å².